The summed E-state index contributed by atoms with van der Waals surface area (Å²) in [6.07, 6.45) is 0. The first kappa shape index (κ1) is 30.6. The lowest BCUT2D eigenvalue weighted by atomic mass is 10.1. The Morgan fingerprint density at radius 2 is 1.64 bits per heavy atom. The zero-order valence-electron chi connectivity index (χ0n) is 21.7. The van der Waals surface area contributed by atoms with Crippen LogP contribution in [0.15, 0.2) is 65.6 Å². The van der Waals surface area contributed by atoms with E-state index in [4.69, 9.17) is 39.5 Å². The van der Waals surface area contributed by atoms with Gasteiger partial charge in [0, 0.05) is 18.6 Å². The van der Waals surface area contributed by atoms with Gasteiger partial charge in [-0.1, -0.05) is 58.6 Å². The Bertz CT molecular complexity index is 1470. The molecule has 3 aromatic rings. The molecule has 0 fully saturated rings. The summed E-state index contributed by atoms with van der Waals surface area (Å²) < 4.78 is 34.2. The first-order valence-electron chi connectivity index (χ1n) is 11.8. The predicted molar refractivity (Wildman–Crippen MR) is 154 cm³/mol. The van der Waals surface area contributed by atoms with Crippen LogP contribution in [0.25, 0.3) is 0 Å². The molecule has 8 nitrogen and oxygen atoms in total. The number of aryl methyl sites for hydroxylation is 1. The van der Waals surface area contributed by atoms with Gasteiger partial charge >= 0.3 is 0 Å². The van der Waals surface area contributed by atoms with Crippen molar-refractivity contribution in [2.75, 3.05) is 25.0 Å². The van der Waals surface area contributed by atoms with E-state index in [2.05, 4.69) is 5.32 Å². The number of carbonyl (C=O) groups is 2. The molecule has 0 aliphatic heterocycles. The molecule has 3 rings (SSSR count). The van der Waals surface area contributed by atoms with Crippen molar-refractivity contribution in [2.45, 2.75) is 31.3 Å². The van der Waals surface area contributed by atoms with E-state index in [1.165, 1.54) is 43.3 Å². The number of benzene rings is 3. The van der Waals surface area contributed by atoms with Crippen molar-refractivity contribution < 1.29 is 22.7 Å². The summed E-state index contributed by atoms with van der Waals surface area (Å²) in [5, 5.41) is 3.39. The third-order valence-electron chi connectivity index (χ3n) is 6.05. The molecule has 2 amide bonds. The number of nitrogens with one attached hydrogen (secondary N) is 1. The average molecular weight is 613 g/mol. The summed E-state index contributed by atoms with van der Waals surface area (Å²) in [5.41, 5.74) is 1.53. The van der Waals surface area contributed by atoms with Crippen molar-refractivity contribution in [3.63, 3.8) is 0 Å². The number of carbonyl (C=O) groups excluding carboxylic acids is 2. The minimum atomic E-state index is -4.28. The third kappa shape index (κ3) is 7.16. The Labute approximate surface area is 243 Å². The summed E-state index contributed by atoms with van der Waals surface area (Å²) in [7, 11) is -1.44. The molecule has 0 bridgehead atoms. The number of halogens is 3. The fourth-order valence-corrected chi connectivity index (χ4v) is 5.74. The largest absolute Gasteiger partial charge is 0.495 e. The highest BCUT2D eigenvalue weighted by molar-refractivity contribution is 7.92. The smallest absolute Gasteiger partial charge is 0.264 e. The monoisotopic (exact) mass is 611 g/mol. The first-order chi connectivity index (χ1) is 18.4. The summed E-state index contributed by atoms with van der Waals surface area (Å²) in [6.45, 7) is 2.71. The molecule has 0 saturated carbocycles. The van der Waals surface area contributed by atoms with Crippen LogP contribution in [0.5, 0.6) is 5.75 Å². The molecule has 0 radical (unpaired) electrons. The van der Waals surface area contributed by atoms with Crippen LogP contribution in [-0.2, 0) is 26.2 Å². The van der Waals surface area contributed by atoms with Crippen LogP contribution < -0.4 is 14.4 Å². The molecule has 12 heteroatoms. The topological polar surface area (TPSA) is 96.0 Å². The summed E-state index contributed by atoms with van der Waals surface area (Å²) >= 11 is 18.4. The van der Waals surface area contributed by atoms with Gasteiger partial charge in [-0.05, 0) is 61.9 Å². The van der Waals surface area contributed by atoms with Crippen molar-refractivity contribution >= 4 is 62.3 Å². The second kappa shape index (κ2) is 12.9. The average Bonchev–Trinajstić information content (AvgIpc) is 2.91. The van der Waals surface area contributed by atoms with E-state index in [0.29, 0.717) is 10.6 Å². The number of hydrogen-bond donors (Lipinski definition) is 1. The number of hydrogen-bond acceptors (Lipinski definition) is 5. The molecule has 0 aliphatic rings. The van der Waals surface area contributed by atoms with Crippen molar-refractivity contribution in [2.24, 2.45) is 0 Å². The van der Waals surface area contributed by atoms with Crippen LogP contribution in [0, 0.1) is 6.92 Å². The van der Waals surface area contributed by atoms with Crippen molar-refractivity contribution in [3.05, 3.63) is 86.9 Å². The zero-order valence-corrected chi connectivity index (χ0v) is 24.8. The highest BCUT2D eigenvalue weighted by Crippen LogP contribution is 2.35. The Balaban J connectivity index is 2.11. The molecule has 0 unspecified atom stereocenters. The Morgan fingerprint density at radius 1 is 0.974 bits per heavy atom. The minimum Gasteiger partial charge on any atom is -0.495 e. The van der Waals surface area contributed by atoms with Gasteiger partial charge in [-0.25, -0.2) is 8.42 Å². The molecular weight excluding hydrogens is 585 g/mol. The van der Waals surface area contributed by atoms with E-state index < -0.39 is 34.4 Å². The molecule has 39 heavy (non-hydrogen) atoms. The number of nitrogens with zero attached hydrogens (tertiary/aromatic N) is 2. The lowest BCUT2D eigenvalue weighted by molar-refractivity contribution is -0.139. The molecule has 1 atom stereocenters. The van der Waals surface area contributed by atoms with Crippen molar-refractivity contribution in [1.82, 2.24) is 10.2 Å². The quantitative estimate of drug-likeness (QED) is 0.334. The van der Waals surface area contributed by atoms with Crippen LogP contribution in [0.4, 0.5) is 5.69 Å². The van der Waals surface area contributed by atoms with E-state index in [1.54, 1.807) is 43.3 Å². The Kier molecular flexibility index (Phi) is 10.1. The first-order valence-corrected chi connectivity index (χ1v) is 14.3. The van der Waals surface area contributed by atoms with Gasteiger partial charge in [0.05, 0.1) is 27.7 Å². The highest BCUT2D eigenvalue weighted by atomic mass is 35.5. The molecule has 0 aliphatic carbocycles. The standard InChI is InChI=1S/C27H28Cl3N3O5S/c1-17-5-9-21(10-6-17)39(36,37)33(24-14-20(28)8-12-25(24)38-4)16-26(34)32(18(2)27(35)31-3)15-19-7-11-22(29)23(30)13-19/h5-14,18H,15-16H2,1-4H3,(H,31,35)/t18-/m1/s1. The van der Waals surface area contributed by atoms with Gasteiger partial charge in [0.15, 0.2) is 0 Å². The number of rotatable bonds is 10. The van der Waals surface area contributed by atoms with Crippen LogP contribution in [0.2, 0.25) is 15.1 Å². The highest BCUT2D eigenvalue weighted by Gasteiger charge is 2.33. The van der Waals surface area contributed by atoms with E-state index in [9.17, 15) is 18.0 Å². The molecule has 208 valence electrons. The van der Waals surface area contributed by atoms with Gasteiger partial charge in [0.2, 0.25) is 11.8 Å². The Morgan fingerprint density at radius 3 is 2.23 bits per heavy atom. The Hall–Kier alpha value is -2.98. The molecule has 0 spiro atoms. The van der Waals surface area contributed by atoms with Crippen molar-refractivity contribution in [3.8, 4) is 5.75 Å². The number of sulfonamides is 1. The van der Waals surface area contributed by atoms with Gasteiger partial charge in [0.25, 0.3) is 10.0 Å². The normalized spacial score (nSPS) is 12.0. The lowest BCUT2D eigenvalue weighted by Crippen LogP contribution is -2.50. The maximum Gasteiger partial charge on any atom is 0.264 e. The second-order valence-electron chi connectivity index (χ2n) is 8.70. The van der Waals surface area contributed by atoms with E-state index in [0.717, 1.165) is 9.87 Å². The van der Waals surface area contributed by atoms with E-state index in [-0.39, 0.29) is 32.9 Å². The SMILES string of the molecule is CNC(=O)[C@@H](C)N(Cc1ccc(Cl)c(Cl)c1)C(=O)CN(c1cc(Cl)ccc1OC)S(=O)(=O)c1ccc(C)cc1. The summed E-state index contributed by atoms with van der Waals surface area (Å²) in [6, 6.07) is 14.6. The molecule has 0 aromatic heterocycles. The fraction of sp³-hybridized carbons (Fsp3) is 0.259. The molecular formula is C27H28Cl3N3O5S. The van der Waals surface area contributed by atoms with Crippen LogP contribution in [-0.4, -0.2) is 51.9 Å². The minimum absolute atomic E-state index is 0.0293. The van der Waals surface area contributed by atoms with Gasteiger partial charge < -0.3 is 15.0 Å². The second-order valence-corrected chi connectivity index (χ2v) is 11.8. The molecule has 1 N–H and O–H groups in total. The number of anilines is 1. The summed E-state index contributed by atoms with van der Waals surface area (Å²) in [5.74, 6) is -0.884. The fourth-order valence-electron chi connectivity index (χ4n) is 3.84. The number of amides is 2. The van der Waals surface area contributed by atoms with E-state index >= 15 is 0 Å². The van der Waals surface area contributed by atoms with Crippen LogP contribution >= 0.6 is 34.8 Å². The molecule has 0 heterocycles. The van der Waals surface area contributed by atoms with E-state index in [1.807, 2.05) is 6.92 Å². The third-order valence-corrected chi connectivity index (χ3v) is 8.80. The van der Waals surface area contributed by atoms with Gasteiger partial charge in [-0.15, -0.1) is 0 Å². The zero-order chi connectivity index (χ0) is 28.9. The summed E-state index contributed by atoms with van der Waals surface area (Å²) in [4.78, 5) is 27.7. The maximum absolute atomic E-state index is 13.9. The van der Waals surface area contributed by atoms with Crippen molar-refractivity contribution in [1.29, 1.82) is 0 Å². The number of ether oxygens (including phenoxy) is 1. The predicted octanol–water partition coefficient (Wildman–Crippen LogP) is 5.32. The molecule has 0 saturated heterocycles. The van der Waals surface area contributed by atoms with Gasteiger partial charge in [-0.3, -0.25) is 13.9 Å². The van der Waals surface area contributed by atoms with Gasteiger partial charge in [0.1, 0.15) is 18.3 Å². The number of likely N-dealkylation sites (N-methyl/N-ethyl adjacent to an activating group) is 1. The lowest BCUT2D eigenvalue weighted by Gasteiger charge is -2.32. The van der Waals surface area contributed by atoms with Crippen LogP contribution in [0.3, 0.4) is 0 Å². The maximum atomic E-state index is 13.9. The van der Waals surface area contributed by atoms with Gasteiger partial charge in [-0.2, -0.15) is 0 Å². The number of methoxy groups -OCH3 is 1. The van der Waals surface area contributed by atoms with Crippen LogP contribution in [0.1, 0.15) is 18.1 Å². The molecule has 3 aromatic carbocycles.